The molecule has 45 heavy (non-hydrogen) atoms. The molecule has 4 N–H and O–H groups in total. The first-order valence-corrected chi connectivity index (χ1v) is 18.8. The third kappa shape index (κ3) is 8.38. The summed E-state index contributed by atoms with van der Waals surface area (Å²) in [5, 5.41) is 9.58. The van der Waals surface area contributed by atoms with Gasteiger partial charge < -0.3 is 21.3 Å². The van der Waals surface area contributed by atoms with Crippen LogP contribution in [0.3, 0.4) is 0 Å². The van der Waals surface area contributed by atoms with Gasteiger partial charge in [-0.1, -0.05) is 56.5 Å². The van der Waals surface area contributed by atoms with Crippen molar-refractivity contribution < 1.29 is 24.0 Å². The number of nitrogens with zero attached hydrogens (tertiary/aromatic N) is 4. The number of hydrogen-bond donors (Lipinski definition) is 3. The van der Waals surface area contributed by atoms with E-state index < -0.39 is 57.2 Å². The van der Waals surface area contributed by atoms with E-state index >= 15 is 0 Å². The fourth-order valence-corrected chi connectivity index (χ4v) is 7.97. The van der Waals surface area contributed by atoms with Crippen LogP contribution in [0.2, 0.25) is 0 Å². The Morgan fingerprint density at radius 3 is 2.22 bits per heavy atom. The van der Waals surface area contributed by atoms with Crippen molar-refractivity contribution in [3.63, 3.8) is 0 Å². The van der Waals surface area contributed by atoms with Gasteiger partial charge in [0.05, 0.1) is 6.04 Å². The molecule has 1 heterocycles. The maximum Gasteiger partial charge on any atom is 0.287 e. The van der Waals surface area contributed by atoms with E-state index in [1.54, 1.807) is 12.1 Å². The largest absolute Gasteiger partial charge is 0.363 e. The Morgan fingerprint density at radius 2 is 1.64 bits per heavy atom. The van der Waals surface area contributed by atoms with Gasteiger partial charge in [-0.25, -0.2) is 10.0 Å². The van der Waals surface area contributed by atoms with Crippen LogP contribution in [0.4, 0.5) is 0 Å². The van der Waals surface area contributed by atoms with Crippen LogP contribution in [-0.2, 0) is 19.2 Å². The first kappa shape index (κ1) is 34.3. The Balaban J connectivity index is 1.60. The van der Waals surface area contributed by atoms with Gasteiger partial charge in [-0.15, -0.1) is 0 Å². The van der Waals surface area contributed by atoms with Crippen LogP contribution in [0.5, 0.6) is 0 Å². The Labute approximate surface area is 266 Å². The van der Waals surface area contributed by atoms with E-state index in [-0.39, 0.29) is 37.6 Å². The molecule has 0 spiro atoms. The molecule has 0 aromatic heterocycles. The van der Waals surface area contributed by atoms with Crippen LogP contribution in [0, 0.1) is 5.92 Å². The number of primary amides is 1. The number of hydrogen-bond acceptors (Lipinski definition) is 6. The van der Waals surface area contributed by atoms with Gasteiger partial charge in [-0.05, 0) is 85.1 Å². The molecule has 2 aliphatic carbocycles. The Kier molecular flexibility index (Phi) is 11.2. The lowest BCUT2D eigenvalue weighted by Crippen LogP contribution is -2.62. The number of amides is 4. The predicted octanol–water partition coefficient (Wildman–Crippen LogP) is 3.96. The van der Waals surface area contributed by atoms with Crippen LogP contribution in [0.25, 0.3) is 10.4 Å². The third-order valence-corrected chi connectivity index (χ3v) is 11.2. The van der Waals surface area contributed by atoms with Gasteiger partial charge in [0.2, 0.25) is 17.6 Å². The summed E-state index contributed by atoms with van der Waals surface area (Å²) in [6, 6.07) is 4.83. The third-order valence-electron chi connectivity index (χ3n) is 9.53. The van der Waals surface area contributed by atoms with E-state index in [1.165, 1.54) is 4.90 Å². The molecule has 246 valence electrons. The van der Waals surface area contributed by atoms with Gasteiger partial charge in [-0.2, -0.15) is 0 Å². The minimum atomic E-state index is -1.43. The van der Waals surface area contributed by atoms with Crippen molar-refractivity contribution >= 4 is 39.4 Å². The maximum atomic E-state index is 14.3. The molecule has 3 aliphatic rings. The summed E-state index contributed by atoms with van der Waals surface area (Å²) in [7, 11) is -0.973. The number of ketones is 1. The van der Waals surface area contributed by atoms with Crippen molar-refractivity contribution in [1.29, 1.82) is 0 Å². The molecular weight excluding hydrogens is 594 g/mol. The Morgan fingerprint density at radius 1 is 1.02 bits per heavy atom. The number of rotatable bonds is 11. The Hall–Kier alpha value is -3.57. The molecule has 1 aliphatic heterocycles. The second-order valence-corrected chi connectivity index (χ2v) is 17.7. The van der Waals surface area contributed by atoms with Gasteiger partial charge >= 0.3 is 0 Å². The molecule has 1 saturated heterocycles. The van der Waals surface area contributed by atoms with Crippen molar-refractivity contribution in [3.8, 4) is 0 Å². The molecule has 3 atom stereocenters. The number of nitrogens with one attached hydrogen (secondary N) is 2. The van der Waals surface area contributed by atoms with E-state index in [0.29, 0.717) is 24.8 Å². The van der Waals surface area contributed by atoms with Gasteiger partial charge in [0.1, 0.15) is 17.6 Å². The lowest BCUT2D eigenvalue weighted by molar-refractivity contribution is -0.145. The molecule has 3 fully saturated rings. The van der Waals surface area contributed by atoms with E-state index in [4.69, 9.17) is 11.3 Å². The van der Waals surface area contributed by atoms with Crippen molar-refractivity contribution in [2.45, 2.75) is 106 Å². The van der Waals surface area contributed by atoms with Crippen LogP contribution in [-0.4, -0.2) is 83.3 Å². The predicted molar refractivity (Wildman–Crippen MR) is 174 cm³/mol. The second kappa shape index (κ2) is 14.7. The normalized spacial score (nSPS) is 22.9. The van der Waals surface area contributed by atoms with Crippen LogP contribution in [0.1, 0.15) is 87.4 Å². The number of likely N-dealkylation sites (tertiary alicyclic amines) is 1. The SMILES string of the molecule is CS(C)(C)c1ccc(C(=O)N[C@H](CC2CCCCC2)C(=O)N2C[C@@H](N=[N+]=[N-])C[C@H]2C(=O)NC2(C(=O)C(N)=O)CCCCC2)cc1. The molecule has 4 amide bonds. The van der Waals surface area contributed by atoms with Gasteiger partial charge in [0.25, 0.3) is 11.8 Å². The zero-order valence-electron chi connectivity index (χ0n) is 26.6. The van der Waals surface area contributed by atoms with Crippen LogP contribution < -0.4 is 16.4 Å². The summed E-state index contributed by atoms with van der Waals surface area (Å²) >= 11 is 0. The summed E-state index contributed by atoms with van der Waals surface area (Å²) in [5.41, 5.74) is 13.5. The number of nitrogens with two attached hydrogens (primary N) is 1. The minimum absolute atomic E-state index is 0.00214. The average molecular weight is 642 g/mol. The number of benzene rings is 1. The van der Waals surface area contributed by atoms with E-state index in [9.17, 15) is 24.0 Å². The lowest BCUT2D eigenvalue weighted by atomic mass is 9.78. The van der Waals surface area contributed by atoms with E-state index in [1.807, 2.05) is 12.1 Å². The highest BCUT2D eigenvalue weighted by molar-refractivity contribution is 8.32. The summed E-state index contributed by atoms with van der Waals surface area (Å²) in [4.78, 5) is 72.0. The first-order chi connectivity index (χ1) is 21.3. The molecule has 1 aromatic carbocycles. The van der Waals surface area contributed by atoms with E-state index in [2.05, 4.69) is 39.4 Å². The van der Waals surface area contributed by atoms with Gasteiger partial charge in [0.15, 0.2) is 0 Å². The number of azide groups is 1. The minimum Gasteiger partial charge on any atom is -0.363 e. The zero-order chi connectivity index (χ0) is 32.8. The monoisotopic (exact) mass is 641 g/mol. The molecular formula is C32H47N7O5S. The van der Waals surface area contributed by atoms with Crippen molar-refractivity contribution in [2.24, 2.45) is 16.8 Å². The summed E-state index contributed by atoms with van der Waals surface area (Å²) in [5.74, 6) is -3.13. The number of Topliss-reactive ketones (excluding diaryl/α,β-unsaturated/α-hetero) is 1. The highest BCUT2D eigenvalue weighted by Crippen LogP contribution is 2.44. The Bertz CT molecular complexity index is 1330. The van der Waals surface area contributed by atoms with Crippen molar-refractivity contribution in [1.82, 2.24) is 15.5 Å². The second-order valence-electron chi connectivity index (χ2n) is 13.6. The van der Waals surface area contributed by atoms with Gasteiger partial charge in [0, 0.05) is 17.0 Å². The highest BCUT2D eigenvalue weighted by Gasteiger charge is 2.48. The van der Waals surface area contributed by atoms with Gasteiger partial charge in [-0.3, -0.25) is 24.0 Å². The standard InChI is InChI=1S/C32H47N7O5S/c1-45(2,3)24-14-12-22(13-15-24)29(42)35-25(18-21-10-6-4-7-11-21)31(44)39-20-23(37-38-34)19-26(39)30(43)36-32(27(40)28(33)41)16-8-5-9-17-32/h12-15,21,23,25-26H,4-11,16-20H2,1-3H3,(H2,33,41)(H,35,42)(H,36,43)/t23-,25+,26-/m0/s1. The molecule has 13 heteroatoms. The molecule has 0 radical (unpaired) electrons. The summed E-state index contributed by atoms with van der Waals surface area (Å²) < 4.78 is 0. The molecule has 0 bridgehead atoms. The molecule has 2 saturated carbocycles. The molecule has 1 aromatic rings. The first-order valence-electron chi connectivity index (χ1n) is 15.9. The topological polar surface area (TPSA) is 187 Å². The van der Waals surface area contributed by atoms with Crippen molar-refractivity contribution in [3.05, 3.63) is 40.3 Å². The zero-order valence-corrected chi connectivity index (χ0v) is 27.4. The average Bonchev–Trinajstić information content (AvgIpc) is 3.45. The smallest absolute Gasteiger partial charge is 0.287 e. The molecule has 4 rings (SSSR count). The van der Waals surface area contributed by atoms with Crippen LogP contribution >= 0.6 is 10.0 Å². The lowest BCUT2D eigenvalue weighted by Gasteiger charge is -2.38. The maximum absolute atomic E-state index is 14.3. The molecule has 12 nitrogen and oxygen atoms in total. The van der Waals surface area contributed by atoms with E-state index in [0.717, 1.165) is 43.4 Å². The quantitative estimate of drug-likeness (QED) is 0.143. The number of carbonyl (C=O) groups excluding carboxylic acids is 5. The summed E-state index contributed by atoms with van der Waals surface area (Å²) in [6.07, 6.45) is 14.8. The highest BCUT2D eigenvalue weighted by atomic mass is 32.3. The summed E-state index contributed by atoms with van der Waals surface area (Å²) in [6.45, 7) is -0.00214. The fourth-order valence-electron chi connectivity index (χ4n) is 7.02. The molecule has 0 unspecified atom stereocenters. The number of carbonyl (C=O) groups is 5. The van der Waals surface area contributed by atoms with Crippen LogP contribution in [0.15, 0.2) is 34.3 Å². The fraction of sp³-hybridized carbons (Fsp3) is 0.656. The van der Waals surface area contributed by atoms with Crippen molar-refractivity contribution in [2.75, 3.05) is 25.3 Å².